The molecule has 0 radical (unpaired) electrons. The van der Waals surface area contributed by atoms with Crippen LogP contribution in [-0.4, -0.2) is 45.5 Å². The largest absolute Gasteiger partial charge is 0.444 e. The van der Waals surface area contributed by atoms with E-state index in [4.69, 9.17) is 11.2 Å². The summed E-state index contributed by atoms with van der Waals surface area (Å²) in [5.74, 6) is 1.88. The number of amides is 3. The third-order valence-electron chi connectivity index (χ3n) is 6.42. The van der Waals surface area contributed by atoms with Crippen molar-refractivity contribution in [2.24, 2.45) is 0 Å². The van der Waals surface area contributed by atoms with Crippen LogP contribution in [0.5, 0.6) is 0 Å². The summed E-state index contributed by atoms with van der Waals surface area (Å²) in [4.78, 5) is 43.1. The smallest absolute Gasteiger partial charge is 0.408 e. The quantitative estimate of drug-likeness (QED) is 0.390. The maximum Gasteiger partial charge on any atom is 0.408 e. The molecule has 2 aromatic carbocycles. The van der Waals surface area contributed by atoms with Crippen LogP contribution in [0.2, 0.25) is 0 Å². The summed E-state index contributed by atoms with van der Waals surface area (Å²) in [6.07, 6.45) is 5.65. The minimum atomic E-state index is -0.988. The van der Waals surface area contributed by atoms with Crippen LogP contribution in [0.1, 0.15) is 91.5 Å². The van der Waals surface area contributed by atoms with Gasteiger partial charge in [-0.05, 0) is 85.1 Å². The number of rotatable bonds is 9. The summed E-state index contributed by atoms with van der Waals surface area (Å²) in [5.41, 5.74) is 0.0937. The van der Waals surface area contributed by atoms with Crippen LogP contribution in [0.15, 0.2) is 54.6 Å². The van der Waals surface area contributed by atoms with Gasteiger partial charge in [-0.3, -0.25) is 9.59 Å². The van der Waals surface area contributed by atoms with Gasteiger partial charge in [0.15, 0.2) is 0 Å². The first-order valence-corrected chi connectivity index (χ1v) is 13.7. The molecule has 0 bridgehead atoms. The zero-order valence-electron chi connectivity index (χ0n) is 25.4. The lowest BCUT2D eigenvalue weighted by atomic mass is 9.90. The molecule has 3 amide bonds. The molecule has 0 aliphatic carbocycles. The fourth-order valence-corrected chi connectivity index (χ4v) is 4.23. The second-order valence-electron chi connectivity index (χ2n) is 12.7. The van der Waals surface area contributed by atoms with E-state index in [1.165, 1.54) is 0 Å². The molecule has 2 N–H and O–H groups in total. The summed E-state index contributed by atoms with van der Waals surface area (Å²) in [6.45, 7) is 16.8. The molecule has 0 saturated heterocycles. The van der Waals surface area contributed by atoms with Crippen LogP contribution < -0.4 is 10.6 Å². The van der Waals surface area contributed by atoms with Crippen LogP contribution in [0.25, 0.3) is 0 Å². The van der Waals surface area contributed by atoms with Crippen LogP contribution in [0, 0.1) is 12.3 Å². The van der Waals surface area contributed by atoms with Crippen molar-refractivity contribution < 1.29 is 19.1 Å². The first-order valence-electron chi connectivity index (χ1n) is 13.7. The molecule has 40 heavy (non-hydrogen) atoms. The van der Waals surface area contributed by atoms with Crippen LogP contribution in [-0.2, 0) is 20.7 Å². The summed E-state index contributed by atoms with van der Waals surface area (Å²) < 4.78 is 5.51. The Morgan fingerprint density at radius 3 is 1.98 bits per heavy atom. The fourth-order valence-electron chi connectivity index (χ4n) is 4.23. The molecule has 7 heteroatoms. The molecule has 0 aliphatic rings. The van der Waals surface area contributed by atoms with Gasteiger partial charge in [-0.25, -0.2) is 4.79 Å². The van der Waals surface area contributed by atoms with Gasteiger partial charge < -0.3 is 20.3 Å². The van der Waals surface area contributed by atoms with Gasteiger partial charge in [0.1, 0.15) is 17.7 Å². The topological polar surface area (TPSA) is 87.7 Å². The minimum Gasteiger partial charge on any atom is -0.444 e. The number of ether oxygens (including phenoxy) is 1. The second kappa shape index (κ2) is 13.0. The zero-order chi connectivity index (χ0) is 30.3. The van der Waals surface area contributed by atoms with E-state index in [2.05, 4.69) is 16.6 Å². The lowest BCUT2D eigenvalue weighted by molar-refractivity contribution is -0.149. The maximum atomic E-state index is 14.6. The van der Waals surface area contributed by atoms with Gasteiger partial charge in [0.25, 0.3) is 0 Å². The Bertz CT molecular complexity index is 1200. The van der Waals surface area contributed by atoms with E-state index >= 15 is 0 Å². The molecule has 0 aromatic heterocycles. The van der Waals surface area contributed by atoms with Crippen molar-refractivity contribution in [3.8, 4) is 12.3 Å². The van der Waals surface area contributed by atoms with Gasteiger partial charge >= 0.3 is 6.09 Å². The van der Waals surface area contributed by atoms with Gasteiger partial charge in [-0.2, -0.15) is 0 Å². The highest BCUT2D eigenvalue weighted by molar-refractivity contribution is 5.93. The molecule has 7 nitrogen and oxygen atoms in total. The van der Waals surface area contributed by atoms with Crippen molar-refractivity contribution in [2.75, 3.05) is 0 Å². The van der Waals surface area contributed by atoms with Crippen molar-refractivity contribution >= 4 is 17.9 Å². The summed E-state index contributed by atoms with van der Waals surface area (Å²) >= 11 is 0. The van der Waals surface area contributed by atoms with Crippen molar-refractivity contribution in [1.29, 1.82) is 0 Å². The molecule has 2 rings (SSSR count). The Hall–Kier alpha value is -3.79. The van der Waals surface area contributed by atoms with Gasteiger partial charge in [0.05, 0.1) is 0 Å². The van der Waals surface area contributed by atoms with Crippen LogP contribution >= 0.6 is 0 Å². The predicted molar refractivity (Wildman–Crippen MR) is 160 cm³/mol. The van der Waals surface area contributed by atoms with Crippen molar-refractivity contribution in [1.82, 2.24) is 15.5 Å². The molecule has 0 spiro atoms. The minimum absolute atomic E-state index is 0.221. The average molecular weight is 548 g/mol. The van der Waals surface area contributed by atoms with Crippen molar-refractivity contribution in [3.63, 3.8) is 0 Å². The molecular weight excluding hydrogens is 502 g/mol. The molecule has 216 valence electrons. The predicted octanol–water partition coefficient (Wildman–Crippen LogP) is 5.78. The van der Waals surface area contributed by atoms with E-state index in [0.717, 1.165) is 5.56 Å². The van der Waals surface area contributed by atoms with Crippen LogP contribution in [0.4, 0.5) is 4.79 Å². The second-order valence-corrected chi connectivity index (χ2v) is 12.7. The molecule has 2 atom stereocenters. The maximum absolute atomic E-state index is 14.6. The Morgan fingerprint density at radius 2 is 1.50 bits per heavy atom. The Kier molecular flexibility index (Phi) is 10.6. The number of hydrogen-bond donors (Lipinski definition) is 2. The summed E-state index contributed by atoms with van der Waals surface area (Å²) in [7, 11) is 0. The van der Waals surface area contributed by atoms with Crippen molar-refractivity contribution in [3.05, 3.63) is 71.3 Å². The zero-order valence-corrected chi connectivity index (χ0v) is 25.4. The summed E-state index contributed by atoms with van der Waals surface area (Å²) in [5, 5.41) is 5.85. The SMILES string of the molecule is C#Cc1ccc(C(C(=O)NC(C)(C)C)N(C(=O)C(Cc2ccccc2)NC(=O)OC(C)(C)C)C(C)(C)CC)cc1. The van der Waals surface area contributed by atoms with E-state index in [1.54, 1.807) is 49.9 Å². The Morgan fingerprint density at radius 1 is 0.925 bits per heavy atom. The highest BCUT2D eigenvalue weighted by atomic mass is 16.6. The molecule has 0 saturated carbocycles. The number of carbonyl (C=O) groups excluding carboxylic acids is 3. The highest BCUT2D eigenvalue weighted by Gasteiger charge is 2.43. The van der Waals surface area contributed by atoms with E-state index in [0.29, 0.717) is 17.5 Å². The van der Waals surface area contributed by atoms with E-state index in [-0.39, 0.29) is 12.3 Å². The number of alkyl carbamates (subject to hydrolysis) is 1. The number of nitrogens with one attached hydrogen (secondary N) is 2. The van der Waals surface area contributed by atoms with E-state index in [9.17, 15) is 14.4 Å². The lowest BCUT2D eigenvalue weighted by Crippen LogP contribution is -2.60. The lowest BCUT2D eigenvalue weighted by Gasteiger charge is -2.45. The number of hydrogen-bond acceptors (Lipinski definition) is 4. The third kappa shape index (κ3) is 9.44. The summed E-state index contributed by atoms with van der Waals surface area (Å²) in [6, 6.07) is 14.6. The molecule has 2 unspecified atom stereocenters. The standard InChI is InChI=1S/C33H45N3O4/c1-11-23-18-20-25(21-19-23)27(28(37)35-31(3,4)5)36(33(9,10)12-2)29(38)26(22-24-16-14-13-15-17-24)34-30(39)40-32(6,7)8/h1,13-21,26-27H,12,22H2,2-10H3,(H,34,39)(H,35,37). The molecular formula is C33H45N3O4. The monoisotopic (exact) mass is 547 g/mol. The Balaban J connectivity index is 2.68. The fraction of sp³-hybridized carbons (Fsp3) is 0.485. The average Bonchev–Trinajstić information content (AvgIpc) is 2.84. The molecule has 0 fully saturated rings. The van der Waals surface area contributed by atoms with Gasteiger partial charge in [-0.15, -0.1) is 6.42 Å². The van der Waals surface area contributed by atoms with E-state index < -0.39 is 40.8 Å². The number of nitrogens with zero attached hydrogens (tertiary/aromatic N) is 1. The van der Waals surface area contributed by atoms with Crippen LogP contribution in [0.3, 0.4) is 0 Å². The first kappa shape index (κ1) is 32.4. The van der Waals surface area contributed by atoms with Crippen molar-refractivity contribution in [2.45, 2.75) is 104 Å². The van der Waals surface area contributed by atoms with E-state index in [1.807, 2.05) is 71.9 Å². The number of terminal acetylenes is 1. The number of benzene rings is 2. The van der Waals surface area contributed by atoms with Gasteiger partial charge in [0, 0.05) is 23.1 Å². The first-order chi connectivity index (χ1) is 18.5. The Labute approximate surface area is 240 Å². The highest BCUT2D eigenvalue weighted by Crippen LogP contribution is 2.33. The molecule has 0 heterocycles. The number of carbonyl (C=O) groups is 3. The third-order valence-corrected chi connectivity index (χ3v) is 6.42. The molecule has 0 aliphatic heterocycles. The van der Waals surface area contributed by atoms with Gasteiger partial charge in [0.2, 0.25) is 11.8 Å². The molecule has 2 aromatic rings. The normalized spacial score (nSPS) is 13.4. The van der Waals surface area contributed by atoms with Gasteiger partial charge in [-0.1, -0.05) is 55.3 Å².